The fraction of sp³-hybridized carbons (Fsp3) is 0.583. The molecule has 1 saturated heterocycles. The molecule has 3 N–H and O–H groups in total. The molecule has 0 aromatic carbocycles. The van der Waals surface area contributed by atoms with E-state index in [1.807, 2.05) is 4.90 Å². The molecule has 0 amide bonds. The summed E-state index contributed by atoms with van der Waals surface area (Å²) in [5, 5.41) is 10.1. The number of H-pyrrole nitrogens is 1. The first-order valence-electron chi connectivity index (χ1n) is 6.47. The van der Waals surface area contributed by atoms with Gasteiger partial charge in [-0.05, 0) is 0 Å². The summed E-state index contributed by atoms with van der Waals surface area (Å²) in [6.07, 6.45) is -3.63. The minimum absolute atomic E-state index is 0.332. The molecule has 1 aliphatic heterocycles. The maximum absolute atomic E-state index is 12.3. The van der Waals surface area contributed by atoms with Crippen LogP contribution >= 0.6 is 23.2 Å². The van der Waals surface area contributed by atoms with E-state index in [-0.39, 0.29) is 6.54 Å². The molecule has 1 fully saturated rings. The van der Waals surface area contributed by atoms with Gasteiger partial charge in [0.2, 0.25) is 0 Å². The van der Waals surface area contributed by atoms with Crippen LogP contribution < -0.4 is 14.8 Å². The molecule has 0 radical (unpaired) electrons. The fourth-order valence-electron chi connectivity index (χ4n) is 2.38. The highest BCUT2D eigenvalue weighted by atomic mass is 35.5. The molecular weight excluding hydrogens is 330 g/mol. The predicted octanol–water partition coefficient (Wildman–Crippen LogP) is 0.436. The molecule has 0 spiro atoms. The quantitative estimate of drug-likeness (QED) is 0.834. The van der Waals surface area contributed by atoms with Gasteiger partial charge in [0.25, 0.3) is 0 Å². The fourth-order valence-corrected chi connectivity index (χ4v) is 3.00. The van der Waals surface area contributed by atoms with Crippen molar-refractivity contribution in [3.63, 3.8) is 0 Å². The van der Waals surface area contributed by atoms with Crippen molar-refractivity contribution in [3.8, 4) is 0 Å². The van der Waals surface area contributed by atoms with E-state index in [1.54, 1.807) is 12.4 Å². The van der Waals surface area contributed by atoms with Crippen LogP contribution in [0.4, 0.5) is 18.9 Å². The summed E-state index contributed by atoms with van der Waals surface area (Å²) in [5.41, 5.74) is 0.688. The average molecular weight is 346 g/mol. The van der Waals surface area contributed by atoms with Crippen LogP contribution in [0.2, 0.25) is 10.0 Å². The molecule has 1 aliphatic rings. The van der Waals surface area contributed by atoms with Gasteiger partial charge in [-0.2, -0.15) is 13.2 Å². The van der Waals surface area contributed by atoms with Crippen molar-refractivity contribution in [2.24, 2.45) is 0 Å². The summed E-state index contributed by atoms with van der Waals surface area (Å²) in [6.45, 7) is 1.70. The highest BCUT2D eigenvalue weighted by molar-refractivity contribution is 6.38. The number of pyridine rings is 1. The van der Waals surface area contributed by atoms with Crippen LogP contribution in [0, 0.1) is 0 Å². The third kappa shape index (κ3) is 4.12. The summed E-state index contributed by atoms with van der Waals surface area (Å²) >= 11 is 12.2. The van der Waals surface area contributed by atoms with Crippen LogP contribution in [-0.2, 0) is 0 Å². The monoisotopic (exact) mass is 345 g/mol. The smallest absolute Gasteiger partial charge is 0.379 e. The number of halogens is 5. The average Bonchev–Trinajstić information content (AvgIpc) is 2.39. The summed E-state index contributed by atoms with van der Waals surface area (Å²) in [4.78, 5) is 5.47. The molecule has 1 atom stereocenters. The van der Waals surface area contributed by atoms with Crippen molar-refractivity contribution >= 4 is 28.9 Å². The first kappa shape index (κ1) is 16.6. The van der Waals surface area contributed by atoms with E-state index in [0.717, 1.165) is 0 Å². The number of nitrogens with one attached hydrogen (secondary N) is 2. The van der Waals surface area contributed by atoms with Gasteiger partial charge >= 0.3 is 6.18 Å². The zero-order valence-electron chi connectivity index (χ0n) is 11.1. The Labute approximate surface area is 130 Å². The summed E-state index contributed by atoms with van der Waals surface area (Å²) < 4.78 is 37.0. The van der Waals surface area contributed by atoms with E-state index in [9.17, 15) is 13.2 Å². The van der Waals surface area contributed by atoms with Crippen molar-refractivity contribution in [1.29, 1.82) is 0 Å². The second kappa shape index (κ2) is 6.56. The number of rotatable bonds is 3. The molecule has 21 heavy (non-hydrogen) atoms. The summed E-state index contributed by atoms with van der Waals surface area (Å²) in [5.74, 6) is 0. The zero-order chi connectivity index (χ0) is 15.6. The van der Waals surface area contributed by atoms with Gasteiger partial charge in [-0.1, -0.05) is 23.2 Å². The second-order valence-electron chi connectivity index (χ2n) is 5.00. The minimum Gasteiger partial charge on any atom is -0.379 e. The number of aliphatic hydroxyl groups excluding tert-OH is 1. The number of piperazine rings is 1. The van der Waals surface area contributed by atoms with E-state index in [4.69, 9.17) is 28.3 Å². The van der Waals surface area contributed by atoms with Gasteiger partial charge in [0.15, 0.2) is 18.5 Å². The topological polar surface area (TPSA) is 42.1 Å². The largest absolute Gasteiger partial charge is 0.419 e. The van der Waals surface area contributed by atoms with Gasteiger partial charge in [0.05, 0.1) is 31.9 Å². The van der Waals surface area contributed by atoms with Crippen molar-refractivity contribution in [1.82, 2.24) is 0 Å². The van der Waals surface area contributed by atoms with E-state index in [1.165, 1.54) is 0 Å². The Bertz CT molecular complexity index is 473. The highest BCUT2D eigenvalue weighted by Crippen LogP contribution is 2.31. The van der Waals surface area contributed by atoms with Crippen LogP contribution in [0.15, 0.2) is 12.4 Å². The van der Waals surface area contributed by atoms with Gasteiger partial charge in [0, 0.05) is 0 Å². The first-order valence-corrected chi connectivity index (χ1v) is 7.23. The number of anilines is 1. The molecule has 9 heteroatoms. The van der Waals surface area contributed by atoms with Crippen LogP contribution in [0.3, 0.4) is 0 Å². The number of aromatic nitrogens is 1. The SMILES string of the molecule is O[C@H](C[NH+]1CCN(c2c(Cl)c[nH+]cc2Cl)CC1)C(F)(F)F. The molecule has 1 aromatic heterocycles. The highest BCUT2D eigenvalue weighted by Gasteiger charge is 2.41. The molecule has 1 aromatic rings. The Morgan fingerprint density at radius 3 is 2.24 bits per heavy atom. The summed E-state index contributed by atoms with van der Waals surface area (Å²) in [6, 6.07) is 0. The Balaban J connectivity index is 1.95. The molecule has 0 aliphatic carbocycles. The lowest BCUT2D eigenvalue weighted by molar-refractivity contribution is -0.905. The number of hydrogen-bond acceptors (Lipinski definition) is 2. The molecule has 0 unspecified atom stereocenters. The lowest BCUT2D eigenvalue weighted by Crippen LogP contribution is -3.16. The lowest BCUT2D eigenvalue weighted by atomic mass is 10.2. The Hall–Kier alpha value is -0.760. The van der Waals surface area contributed by atoms with Gasteiger partial charge < -0.3 is 14.9 Å². The third-order valence-electron chi connectivity index (χ3n) is 3.52. The van der Waals surface area contributed by atoms with E-state index in [2.05, 4.69) is 4.98 Å². The van der Waals surface area contributed by atoms with E-state index in [0.29, 0.717) is 46.8 Å². The van der Waals surface area contributed by atoms with Crippen LogP contribution in [0.5, 0.6) is 0 Å². The first-order chi connectivity index (χ1) is 9.79. The van der Waals surface area contributed by atoms with Gasteiger partial charge in [0.1, 0.15) is 16.6 Å². The molecule has 0 saturated carbocycles. The lowest BCUT2D eigenvalue weighted by Gasteiger charge is -2.34. The number of aliphatic hydroxyl groups is 1. The molecule has 4 nitrogen and oxygen atoms in total. The Kier molecular flexibility index (Phi) is 5.19. The van der Waals surface area contributed by atoms with Crippen LogP contribution in [-0.4, -0.2) is 50.1 Å². The van der Waals surface area contributed by atoms with E-state index >= 15 is 0 Å². The van der Waals surface area contributed by atoms with Crippen molar-refractivity contribution in [2.75, 3.05) is 37.6 Å². The van der Waals surface area contributed by atoms with Gasteiger partial charge in [-0.25, -0.2) is 4.98 Å². The Morgan fingerprint density at radius 1 is 1.24 bits per heavy atom. The zero-order valence-corrected chi connectivity index (χ0v) is 12.6. The number of aromatic amines is 1. The maximum atomic E-state index is 12.3. The molecule has 118 valence electrons. The standard InChI is InChI=1S/C12H14Cl2F3N3O/c13-8-5-18-6-9(14)11(8)20-3-1-19(2-4-20)7-10(21)12(15,16)17/h5-6,10,21H,1-4,7H2/p+2/t10-/m1/s1. The van der Waals surface area contributed by atoms with Crippen molar-refractivity contribution in [2.45, 2.75) is 12.3 Å². The maximum Gasteiger partial charge on any atom is 0.419 e. The normalized spacial score (nSPS) is 18.9. The number of quaternary nitrogens is 1. The van der Waals surface area contributed by atoms with Crippen LogP contribution in [0.25, 0.3) is 0 Å². The predicted molar refractivity (Wildman–Crippen MR) is 72.9 cm³/mol. The van der Waals surface area contributed by atoms with Crippen molar-refractivity contribution < 1.29 is 28.2 Å². The van der Waals surface area contributed by atoms with Crippen molar-refractivity contribution in [3.05, 3.63) is 22.4 Å². The van der Waals surface area contributed by atoms with Gasteiger partial charge in [-0.3, -0.25) is 0 Å². The van der Waals surface area contributed by atoms with Crippen LogP contribution in [0.1, 0.15) is 0 Å². The minimum atomic E-state index is -4.56. The Morgan fingerprint density at radius 2 is 1.76 bits per heavy atom. The molecule has 0 bridgehead atoms. The third-order valence-corrected chi connectivity index (χ3v) is 4.10. The van der Waals surface area contributed by atoms with Gasteiger partial charge in [-0.15, -0.1) is 0 Å². The number of alkyl halides is 3. The molecule has 2 heterocycles. The summed E-state index contributed by atoms with van der Waals surface area (Å²) in [7, 11) is 0. The number of hydrogen-bond donors (Lipinski definition) is 2. The number of nitrogens with zero attached hydrogens (tertiary/aromatic N) is 1. The second-order valence-corrected chi connectivity index (χ2v) is 5.81. The molecular formula is C12H16Cl2F3N3O+2. The van der Waals surface area contributed by atoms with E-state index < -0.39 is 12.3 Å². The molecule has 2 rings (SSSR count).